The average molecular weight is 406 g/mol. The van der Waals surface area contributed by atoms with E-state index in [1.165, 1.54) is 13.2 Å². The van der Waals surface area contributed by atoms with Crippen molar-refractivity contribution in [2.45, 2.75) is 51.0 Å². The fourth-order valence-electron chi connectivity index (χ4n) is 4.39. The molecule has 0 spiro atoms. The molecule has 2 aliphatic rings. The summed E-state index contributed by atoms with van der Waals surface area (Å²) in [7, 11) is 1.50. The van der Waals surface area contributed by atoms with Crippen molar-refractivity contribution < 1.29 is 18.7 Å². The van der Waals surface area contributed by atoms with Crippen LogP contribution in [0.2, 0.25) is 0 Å². The van der Waals surface area contributed by atoms with Gasteiger partial charge in [0.25, 0.3) is 0 Å². The SMILES string of the molecule is CCCN1CCN(C(=O)CC[C@@]2(Cc3ccc(OC)cc3F)CCC(=O)N2)CC1. The summed E-state index contributed by atoms with van der Waals surface area (Å²) in [4.78, 5) is 29.0. The standard InChI is InChI=1S/C22H32FN3O3/c1-3-10-25-11-13-26(14-12-25)21(28)7-9-22(8-6-20(27)24-22)16-17-4-5-18(29-2)15-19(17)23/h4-5,15H,3,6-14,16H2,1-2H3,(H,24,27)/t22-/m1/s1. The van der Waals surface area contributed by atoms with E-state index in [0.717, 1.165) is 39.1 Å². The highest BCUT2D eigenvalue weighted by atomic mass is 19.1. The van der Waals surface area contributed by atoms with Gasteiger partial charge in [0, 0.05) is 50.6 Å². The number of carbonyl (C=O) groups is 2. The fraction of sp³-hybridized carbons (Fsp3) is 0.636. The van der Waals surface area contributed by atoms with Crippen LogP contribution in [0.1, 0.15) is 44.6 Å². The van der Waals surface area contributed by atoms with Crippen molar-refractivity contribution in [3.05, 3.63) is 29.6 Å². The molecular weight excluding hydrogens is 373 g/mol. The van der Waals surface area contributed by atoms with Gasteiger partial charge < -0.3 is 15.0 Å². The van der Waals surface area contributed by atoms with Crippen LogP contribution in [0.5, 0.6) is 5.75 Å². The first-order chi connectivity index (χ1) is 13.9. The number of piperazine rings is 1. The number of carbonyl (C=O) groups excluding carboxylic acids is 2. The van der Waals surface area contributed by atoms with Gasteiger partial charge in [0.2, 0.25) is 11.8 Å². The Hall–Kier alpha value is -2.15. The van der Waals surface area contributed by atoms with Gasteiger partial charge in [-0.3, -0.25) is 14.5 Å². The van der Waals surface area contributed by atoms with E-state index in [9.17, 15) is 14.0 Å². The number of ether oxygens (including phenoxy) is 1. The molecule has 1 N–H and O–H groups in total. The van der Waals surface area contributed by atoms with E-state index in [0.29, 0.717) is 43.4 Å². The summed E-state index contributed by atoms with van der Waals surface area (Å²) in [6.45, 7) is 6.58. The van der Waals surface area contributed by atoms with Crippen LogP contribution in [-0.4, -0.2) is 67.0 Å². The normalized spacial score (nSPS) is 22.6. The van der Waals surface area contributed by atoms with Gasteiger partial charge >= 0.3 is 0 Å². The van der Waals surface area contributed by atoms with Gasteiger partial charge in [-0.1, -0.05) is 13.0 Å². The quantitative estimate of drug-likeness (QED) is 0.721. The molecule has 2 heterocycles. The summed E-state index contributed by atoms with van der Waals surface area (Å²) in [5.41, 5.74) is -0.0275. The minimum absolute atomic E-state index is 0.0282. The molecule has 2 aliphatic heterocycles. The van der Waals surface area contributed by atoms with Crippen LogP contribution >= 0.6 is 0 Å². The molecule has 2 amide bonds. The van der Waals surface area contributed by atoms with Crippen LogP contribution in [0.25, 0.3) is 0 Å². The third-order valence-corrected chi connectivity index (χ3v) is 6.11. The lowest BCUT2D eigenvalue weighted by Gasteiger charge is -2.36. The molecule has 29 heavy (non-hydrogen) atoms. The molecular formula is C22H32FN3O3. The van der Waals surface area contributed by atoms with Gasteiger partial charge in [-0.2, -0.15) is 0 Å². The summed E-state index contributed by atoms with van der Waals surface area (Å²) in [5.74, 6) is 0.216. The summed E-state index contributed by atoms with van der Waals surface area (Å²) < 4.78 is 19.5. The molecule has 7 heteroatoms. The largest absolute Gasteiger partial charge is 0.497 e. The fourth-order valence-corrected chi connectivity index (χ4v) is 4.39. The molecule has 6 nitrogen and oxygen atoms in total. The van der Waals surface area contributed by atoms with Gasteiger partial charge in [0.1, 0.15) is 11.6 Å². The summed E-state index contributed by atoms with van der Waals surface area (Å²) in [6, 6.07) is 4.79. The third-order valence-electron chi connectivity index (χ3n) is 6.11. The number of benzene rings is 1. The van der Waals surface area contributed by atoms with Crippen molar-refractivity contribution in [2.75, 3.05) is 39.8 Å². The number of hydrogen-bond acceptors (Lipinski definition) is 4. The lowest BCUT2D eigenvalue weighted by Crippen LogP contribution is -2.50. The molecule has 0 aromatic heterocycles. The molecule has 0 radical (unpaired) electrons. The number of methoxy groups -OCH3 is 1. The highest BCUT2D eigenvalue weighted by molar-refractivity contribution is 5.80. The maximum Gasteiger partial charge on any atom is 0.222 e. The number of nitrogens with zero attached hydrogens (tertiary/aromatic N) is 2. The zero-order chi connectivity index (χ0) is 20.9. The topological polar surface area (TPSA) is 61.9 Å². The number of rotatable bonds is 8. The lowest BCUT2D eigenvalue weighted by atomic mass is 9.84. The summed E-state index contributed by atoms with van der Waals surface area (Å²) in [5, 5.41) is 3.04. The Balaban J connectivity index is 1.61. The van der Waals surface area contributed by atoms with Crippen molar-refractivity contribution in [3.63, 3.8) is 0 Å². The van der Waals surface area contributed by atoms with Crippen LogP contribution in [0.4, 0.5) is 4.39 Å². The first-order valence-electron chi connectivity index (χ1n) is 10.6. The Labute approximate surface area is 172 Å². The second-order valence-electron chi connectivity index (χ2n) is 8.19. The molecule has 2 fully saturated rings. The lowest BCUT2D eigenvalue weighted by molar-refractivity contribution is -0.133. The Bertz CT molecular complexity index is 734. The number of hydrogen-bond donors (Lipinski definition) is 1. The van der Waals surface area contributed by atoms with E-state index in [1.54, 1.807) is 12.1 Å². The monoisotopic (exact) mass is 405 g/mol. The van der Waals surface area contributed by atoms with E-state index in [1.807, 2.05) is 4.90 Å². The van der Waals surface area contributed by atoms with Gasteiger partial charge in [0.05, 0.1) is 7.11 Å². The van der Waals surface area contributed by atoms with E-state index < -0.39 is 5.54 Å². The van der Waals surface area contributed by atoms with Gasteiger partial charge in [-0.15, -0.1) is 0 Å². The molecule has 0 unspecified atom stereocenters. The van der Waals surface area contributed by atoms with Crippen molar-refractivity contribution in [1.82, 2.24) is 15.1 Å². The van der Waals surface area contributed by atoms with E-state index >= 15 is 0 Å². The number of amides is 2. The highest BCUT2D eigenvalue weighted by Gasteiger charge is 2.39. The molecule has 2 saturated heterocycles. The van der Waals surface area contributed by atoms with Crippen molar-refractivity contribution >= 4 is 11.8 Å². The minimum atomic E-state index is -0.563. The molecule has 3 rings (SSSR count). The van der Waals surface area contributed by atoms with Crippen LogP contribution < -0.4 is 10.1 Å². The molecule has 0 bridgehead atoms. The zero-order valence-electron chi connectivity index (χ0n) is 17.5. The first kappa shape index (κ1) is 21.6. The third kappa shape index (κ3) is 5.47. The average Bonchev–Trinajstić information content (AvgIpc) is 3.09. The van der Waals surface area contributed by atoms with Crippen molar-refractivity contribution in [3.8, 4) is 5.75 Å². The van der Waals surface area contributed by atoms with Crippen molar-refractivity contribution in [2.24, 2.45) is 0 Å². The summed E-state index contributed by atoms with van der Waals surface area (Å²) >= 11 is 0. The zero-order valence-corrected chi connectivity index (χ0v) is 17.5. The van der Waals surface area contributed by atoms with Crippen LogP contribution in [0.3, 0.4) is 0 Å². The Morgan fingerprint density at radius 2 is 2.03 bits per heavy atom. The minimum Gasteiger partial charge on any atom is -0.497 e. The van der Waals surface area contributed by atoms with Crippen LogP contribution in [0.15, 0.2) is 18.2 Å². The van der Waals surface area contributed by atoms with Crippen LogP contribution in [-0.2, 0) is 16.0 Å². The van der Waals surface area contributed by atoms with Gasteiger partial charge in [-0.25, -0.2) is 4.39 Å². The van der Waals surface area contributed by atoms with Gasteiger partial charge in [0.15, 0.2) is 0 Å². The smallest absolute Gasteiger partial charge is 0.222 e. The van der Waals surface area contributed by atoms with E-state index in [-0.39, 0.29) is 17.6 Å². The molecule has 160 valence electrons. The molecule has 0 aliphatic carbocycles. The molecule has 1 aromatic carbocycles. The van der Waals surface area contributed by atoms with Gasteiger partial charge in [-0.05, 0) is 43.9 Å². The maximum atomic E-state index is 14.5. The molecule has 1 aromatic rings. The summed E-state index contributed by atoms with van der Waals surface area (Å²) in [6.07, 6.45) is 3.44. The second-order valence-corrected chi connectivity index (χ2v) is 8.19. The van der Waals surface area contributed by atoms with E-state index in [2.05, 4.69) is 17.1 Å². The predicted octanol–water partition coefficient (Wildman–Crippen LogP) is 2.36. The Morgan fingerprint density at radius 1 is 1.28 bits per heavy atom. The number of nitrogens with one attached hydrogen (secondary N) is 1. The predicted molar refractivity (Wildman–Crippen MR) is 109 cm³/mol. The van der Waals surface area contributed by atoms with Crippen LogP contribution in [0, 0.1) is 5.82 Å². The Kier molecular flexibility index (Phi) is 7.11. The first-order valence-corrected chi connectivity index (χ1v) is 10.6. The molecule has 0 saturated carbocycles. The maximum absolute atomic E-state index is 14.5. The van der Waals surface area contributed by atoms with Crippen molar-refractivity contribution in [1.29, 1.82) is 0 Å². The Morgan fingerprint density at radius 3 is 2.62 bits per heavy atom. The highest BCUT2D eigenvalue weighted by Crippen LogP contribution is 2.31. The molecule has 1 atom stereocenters. The van der Waals surface area contributed by atoms with E-state index in [4.69, 9.17) is 4.74 Å². The second kappa shape index (κ2) is 9.57. The number of halogens is 1.